The van der Waals surface area contributed by atoms with Gasteiger partial charge in [-0.3, -0.25) is 0 Å². The zero-order chi connectivity index (χ0) is 19.9. The number of benzene rings is 1. The molecule has 2 N–H and O–H groups in total. The van der Waals surface area contributed by atoms with Gasteiger partial charge in [0.15, 0.2) is 5.96 Å². The number of aromatic nitrogens is 2. The highest BCUT2D eigenvalue weighted by Crippen LogP contribution is 2.19. The minimum atomic E-state index is -0.388. The Morgan fingerprint density at radius 2 is 2.03 bits per heavy atom. The first-order valence-electron chi connectivity index (χ1n) is 9.63. The van der Waals surface area contributed by atoms with Gasteiger partial charge >= 0.3 is 0 Å². The van der Waals surface area contributed by atoms with Gasteiger partial charge in [0.05, 0.1) is 13.2 Å². The number of nitrogens with zero attached hydrogens (tertiary/aromatic N) is 5. The molecule has 160 valence electrons. The summed E-state index contributed by atoms with van der Waals surface area (Å²) in [6, 6.07) is 4.76. The number of nitrogens with one attached hydrogen (secondary N) is 1. The Kier molecular flexibility index (Phi) is 9.50. The van der Waals surface area contributed by atoms with Gasteiger partial charge in [-0.25, -0.2) is 14.4 Å². The third-order valence-electron chi connectivity index (χ3n) is 4.65. The van der Waals surface area contributed by atoms with Crippen LogP contribution >= 0.6 is 35.5 Å². The van der Waals surface area contributed by atoms with E-state index in [1.165, 1.54) is 17.6 Å². The molecule has 3 rings (SSSR count). The Morgan fingerprint density at radius 1 is 1.28 bits per heavy atom. The van der Waals surface area contributed by atoms with Crippen LogP contribution in [0, 0.1) is 5.82 Å². The number of hydrogen-bond acceptors (Lipinski definition) is 6. The lowest BCUT2D eigenvalue weighted by molar-refractivity contribution is 0.275. The highest BCUT2D eigenvalue weighted by atomic mass is 127. The number of rotatable bonds is 6. The van der Waals surface area contributed by atoms with Crippen LogP contribution in [0.15, 0.2) is 23.2 Å². The summed E-state index contributed by atoms with van der Waals surface area (Å²) in [5.74, 6) is 1.36. The summed E-state index contributed by atoms with van der Waals surface area (Å²) in [5, 5.41) is 13.6. The number of aliphatic hydroxyl groups is 1. The Labute approximate surface area is 192 Å². The normalized spacial score (nSPS) is 14.7. The van der Waals surface area contributed by atoms with Crippen LogP contribution in [0.5, 0.6) is 0 Å². The van der Waals surface area contributed by atoms with Crippen molar-refractivity contribution in [3.05, 3.63) is 41.0 Å². The van der Waals surface area contributed by atoms with E-state index >= 15 is 0 Å². The van der Waals surface area contributed by atoms with Crippen LogP contribution in [-0.4, -0.2) is 58.0 Å². The molecular formula is C19H28FIN6OS. The number of aliphatic imine (C=N–C) groups is 1. The first kappa shape index (κ1) is 23.7. The van der Waals surface area contributed by atoms with Crippen molar-refractivity contribution in [1.82, 2.24) is 19.6 Å². The van der Waals surface area contributed by atoms with Gasteiger partial charge in [0, 0.05) is 56.2 Å². The summed E-state index contributed by atoms with van der Waals surface area (Å²) < 4.78 is 17.9. The molecule has 0 bridgehead atoms. The van der Waals surface area contributed by atoms with Gasteiger partial charge in [-0.05, 0) is 24.6 Å². The van der Waals surface area contributed by atoms with E-state index in [4.69, 9.17) is 4.99 Å². The fourth-order valence-electron chi connectivity index (χ4n) is 3.07. The van der Waals surface area contributed by atoms with Gasteiger partial charge < -0.3 is 20.2 Å². The van der Waals surface area contributed by atoms with Crippen molar-refractivity contribution < 1.29 is 9.50 Å². The highest BCUT2D eigenvalue weighted by molar-refractivity contribution is 14.0. The van der Waals surface area contributed by atoms with Crippen LogP contribution in [0.4, 0.5) is 9.52 Å². The average Bonchev–Trinajstić information content (AvgIpc) is 3.21. The van der Waals surface area contributed by atoms with E-state index in [9.17, 15) is 9.50 Å². The molecule has 1 aromatic carbocycles. The molecular weight excluding hydrogens is 506 g/mol. The van der Waals surface area contributed by atoms with E-state index in [0.29, 0.717) is 12.1 Å². The Balaban J connectivity index is 0.00000300. The second-order valence-corrected chi connectivity index (χ2v) is 7.31. The number of halogens is 2. The minimum absolute atomic E-state index is 0. The molecule has 1 aliphatic heterocycles. The Morgan fingerprint density at radius 3 is 2.66 bits per heavy atom. The van der Waals surface area contributed by atoms with Crippen molar-refractivity contribution >= 4 is 46.6 Å². The third-order valence-corrected chi connectivity index (χ3v) is 5.46. The van der Waals surface area contributed by atoms with Crippen molar-refractivity contribution in [3.8, 4) is 0 Å². The highest BCUT2D eigenvalue weighted by Gasteiger charge is 2.22. The number of hydrogen-bond donors (Lipinski definition) is 2. The second-order valence-electron chi connectivity index (χ2n) is 6.57. The van der Waals surface area contributed by atoms with Crippen LogP contribution < -0.4 is 10.2 Å². The molecule has 0 spiro atoms. The maximum atomic E-state index is 13.6. The third kappa shape index (κ3) is 6.22. The molecule has 2 aromatic rings. The summed E-state index contributed by atoms with van der Waals surface area (Å²) in [4.78, 5) is 13.8. The fraction of sp³-hybridized carbons (Fsp3) is 0.526. The zero-order valence-electron chi connectivity index (χ0n) is 16.8. The molecule has 1 fully saturated rings. The molecule has 2 heterocycles. The summed E-state index contributed by atoms with van der Waals surface area (Å²) in [6.45, 7) is 8.44. The number of anilines is 1. The molecule has 0 radical (unpaired) electrons. The molecule has 29 heavy (non-hydrogen) atoms. The van der Waals surface area contributed by atoms with Gasteiger partial charge in [-0.2, -0.15) is 4.37 Å². The molecule has 0 saturated carbocycles. The summed E-state index contributed by atoms with van der Waals surface area (Å²) in [5.41, 5.74) is 1.18. The second kappa shape index (κ2) is 11.6. The first-order valence-corrected chi connectivity index (χ1v) is 10.4. The smallest absolute Gasteiger partial charge is 0.205 e. The van der Waals surface area contributed by atoms with Gasteiger partial charge in [-0.15, -0.1) is 24.0 Å². The quantitative estimate of drug-likeness (QED) is 0.337. The van der Waals surface area contributed by atoms with Gasteiger partial charge in [0.1, 0.15) is 11.6 Å². The number of aliphatic hydroxyl groups excluding tert-OH is 1. The summed E-state index contributed by atoms with van der Waals surface area (Å²) in [6.07, 6.45) is 0.856. The Hall–Kier alpha value is -1.53. The van der Waals surface area contributed by atoms with Crippen LogP contribution in [0.25, 0.3) is 0 Å². The zero-order valence-corrected chi connectivity index (χ0v) is 19.9. The summed E-state index contributed by atoms with van der Waals surface area (Å²) in [7, 11) is 0. The van der Waals surface area contributed by atoms with Crippen LogP contribution in [-0.2, 0) is 19.6 Å². The first-order chi connectivity index (χ1) is 13.6. The van der Waals surface area contributed by atoms with Gasteiger partial charge in [0.2, 0.25) is 5.13 Å². The van der Waals surface area contributed by atoms with E-state index in [1.807, 2.05) is 6.92 Å². The topological polar surface area (TPSA) is 76.9 Å². The molecule has 1 aliphatic rings. The molecule has 0 atom stereocenters. The largest absolute Gasteiger partial charge is 0.392 e. The minimum Gasteiger partial charge on any atom is -0.392 e. The molecule has 0 unspecified atom stereocenters. The van der Waals surface area contributed by atoms with Crippen LogP contribution in [0.3, 0.4) is 0 Å². The van der Waals surface area contributed by atoms with E-state index in [2.05, 4.69) is 31.4 Å². The van der Waals surface area contributed by atoms with Crippen molar-refractivity contribution in [2.75, 3.05) is 37.6 Å². The van der Waals surface area contributed by atoms with Crippen molar-refractivity contribution in [3.63, 3.8) is 0 Å². The van der Waals surface area contributed by atoms with Crippen molar-refractivity contribution in [2.45, 2.75) is 33.4 Å². The predicted molar refractivity (Wildman–Crippen MR) is 126 cm³/mol. The van der Waals surface area contributed by atoms with E-state index in [0.717, 1.165) is 61.6 Å². The lowest BCUT2D eigenvalue weighted by Gasteiger charge is -2.36. The SMILES string of the molecule is CCNC(=NCc1ccc(F)c(CO)c1)N1CCN(c2nc(CC)ns2)CC1.I. The molecule has 0 amide bonds. The monoisotopic (exact) mass is 534 g/mol. The molecule has 10 heteroatoms. The van der Waals surface area contributed by atoms with E-state index in [1.54, 1.807) is 12.1 Å². The molecule has 0 aliphatic carbocycles. The predicted octanol–water partition coefficient (Wildman–Crippen LogP) is 2.64. The maximum absolute atomic E-state index is 13.6. The average molecular weight is 534 g/mol. The lowest BCUT2D eigenvalue weighted by atomic mass is 10.1. The number of aryl methyl sites for hydroxylation is 1. The summed E-state index contributed by atoms with van der Waals surface area (Å²) >= 11 is 1.46. The van der Waals surface area contributed by atoms with Gasteiger partial charge in [-0.1, -0.05) is 13.0 Å². The molecule has 1 saturated heterocycles. The lowest BCUT2D eigenvalue weighted by Crippen LogP contribution is -2.52. The van der Waals surface area contributed by atoms with Crippen LogP contribution in [0.1, 0.15) is 30.8 Å². The number of guanidine groups is 1. The van der Waals surface area contributed by atoms with E-state index in [-0.39, 0.29) is 36.4 Å². The van der Waals surface area contributed by atoms with E-state index < -0.39 is 0 Å². The fourth-order valence-corrected chi connectivity index (χ4v) is 3.87. The van der Waals surface area contributed by atoms with Gasteiger partial charge in [0.25, 0.3) is 0 Å². The van der Waals surface area contributed by atoms with Crippen molar-refractivity contribution in [1.29, 1.82) is 0 Å². The van der Waals surface area contributed by atoms with Crippen LogP contribution in [0.2, 0.25) is 0 Å². The Bertz CT molecular complexity index is 810. The van der Waals surface area contributed by atoms with Crippen molar-refractivity contribution in [2.24, 2.45) is 4.99 Å². The number of piperazine rings is 1. The molecule has 7 nitrogen and oxygen atoms in total. The standard InChI is InChI=1S/C19H27FN6OS.HI/c1-3-17-23-19(28-24-17)26-9-7-25(8-10-26)18(21-4-2)22-12-14-5-6-16(20)15(11-14)13-27;/h5-6,11,27H,3-4,7-10,12-13H2,1-2H3,(H,21,22);1H. The maximum Gasteiger partial charge on any atom is 0.205 e. The molecule has 1 aromatic heterocycles.